The van der Waals surface area contributed by atoms with Gasteiger partial charge in [-0.1, -0.05) is 26.7 Å². The van der Waals surface area contributed by atoms with Crippen molar-refractivity contribution in [3.05, 3.63) is 23.8 Å². The van der Waals surface area contributed by atoms with E-state index in [0.29, 0.717) is 0 Å². The molecule has 84 valence electrons. The van der Waals surface area contributed by atoms with Crippen molar-refractivity contribution >= 4 is 0 Å². The normalized spacial score (nSPS) is 13.1. The summed E-state index contributed by atoms with van der Waals surface area (Å²) < 4.78 is 0. The Labute approximate surface area is 92.1 Å². The van der Waals surface area contributed by atoms with Gasteiger partial charge in [-0.05, 0) is 24.8 Å². The number of hydrogen-bond donors (Lipinski definition) is 1. The van der Waals surface area contributed by atoms with Crippen LogP contribution in [0.25, 0.3) is 0 Å². The van der Waals surface area contributed by atoms with Crippen LogP contribution in [-0.4, -0.2) is 9.97 Å². The smallest absolute Gasteiger partial charge is 0.144 e. The average molecular weight is 207 g/mol. The first kappa shape index (κ1) is 12.1. The lowest BCUT2D eigenvalue weighted by Gasteiger charge is -2.10. The molecule has 1 aromatic heterocycles. The van der Waals surface area contributed by atoms with Crippen molar-refractivity contribution in [1.29, 1.82) is 0 Å². The lowest BCUT2D eigenvalue weighted by molar-refractivity contribution is 0.495. The molecule has 0 aliphatic carbocycles. The van der Waals surface area contributed by atoms with Crippen molar-refractivity contribution in [1.82, 2.24) is 9.97 Å². The van der Waals surface area contributed by atoms with Gasteiger partial charge in [-0.25, -0.2) is 9.97 Å². The average Bonchev–Trinajstić information content (AvgIpc) is 2.18. The van der Waals surface area contributed by atoms with Gasteiger partial charge in [0.25, 0.3) is 0 Å². The van der Waals surface area contributed by atoms with E-state index in [1.165, 1.54) is 6.42 Å². The van der Waals surface area contributed by atoms with Crippen molar-refractivity contribution in [3.63, 3.8) is 0 Å². The molecule has 0 fully saturated rings. The van der Waals surface area contributed by atoms with Crippen LogP contribution >= 0.6 is 0 Å². The van der Waals surface area contributed by atoms with Crippen molar-refractivity contribution in [3.8, 4) is 0 Å². The fourth-order valence-corrected chi connectivity index (χ4v) is 1.47. The molecule has 3 heteroatoms. The van der Waals surface area contributed by atoms with Gasteiger partial charge in [-0.15, -0.1) is 0 Å². The number of rotatable bonds is 5. The second-order valence-corrected chi connectivity index (χ2v) is 4.55. The van der Waals surface area contributed by atoms with Crippen molar-refractivity contribution < 1.29 is 0 Å². The van der Waals surface area contributed by atoms with E-state index < -0.39 is 0 Å². The van der Waals surface area contributed by atoms with Crippen LogP contribution in [0.1, 0.15) is 50.5 Å². The lowest BCUT2D eigenvalue weighted by atomic mass is 10.0. The molecule has 0 aliphatic rings. The third kappa shape index (κ3) is 4.38. The summed E-state index contributed by atoms with van der Waals surface area (Å²) in [5, 5.41) is 0. The van der Waals surface area contributed by atoms with Crippen LogP contribution in [0.4, 0.5) is 0 Å². The molecule has 0 aliphatic heterocycles. The molecule has 1 unspecified atom stereocenters. The highest BCUT2D eigenvalue weighted by Crippen LogP contribution is 2.15. The van der Waals surface area contributed by atoms with Crippen molar-refractivity contribution in [2.45, 2.75) is 46.1 Å². The van der Waals surface area contributed by atoms with Crippen molar-refractivity contribution in [2.24, 2.45) is 11.7 Å². The predicted octanol–water partition coefficient (Wildman–Crippen LogP) is 2.61. The maximum Gasteiger partial charge on any atom is 0.144 e. The molecule has 0 saturated carbocycles. The fourth-order valence-electron chi connectivity index (χ4n) is 1.47. The third-order valence-electron chi connectivity index (χ3n) is 2.43. The Hall–Kier alpha value is -0.960. The Bertz CT molecular complexity index is 279. The lowest BCUT2D eigenvalue weighted by Crippen LogP contribution is -2.14. The summed E-state index contributed by atoms with van der Waals surface area (Å²) in [5.41, 5.74) is 7.08. The van der Waals surface area contributed by atoms with Gasteiger partial charge in [-0.2, -0.15) is 0 Å². The zero-order valence-electron chi connectivity index (χ0n) is 9.90. The van der Waals surface area contributed by atoms with E-state index >= 15 is 0 Å². The van der Waals surface area contributed by atoms with Gasteiger partial charge in [0.1, 0.15) is 5.82 Å². The van der Waals surface area contributed by atoms with Gasteiger partial charge in [0.05, 0.1) is 6.04 Å². The first-order valence-electron chi connectivity index (χ1n) is 5.63. The number of nitrogens with zero attached hydrogens (tertiary/aromatic N) is 2. The van der Waals surface area contributed by atoms with E-state index in [4.69, 9.17) is 5.73 Å². The molecule has 0 radical (unpaired) electrons. The minimum atomic E-state index is -0.00986. The van der Waals surface area contributed by atoms with Gasteiger partial charge >= 0.3 is 0 Å². The Kier molecular flexibility index (Phi) is 4.69. The summed E-state index contributed by atoms with van der Waals surface area (Å²) in [6.07, 6.45) is 6.99. The van der Waals surface area contributed by atoms with Gasteiger partial charge in [0, 0.05) is 12.4 Å². The van der Waals surface area contributed by atoms with Crippen LogP contribution in [0.3, 0.4) is 0 Å². The van der Waals surface area contributed by atoms with Crippen LogP contribution in [0.15, 0.2) is 12.4 Å². The van der Waals surface area contributed by atoms with Crippen LogP contribution in [0, 0.1) is 12.8 Å². The largest absolute Gasteiger partial charge is 0.321 e. The van der Waals surface area contributed by atoms with E-state index in [1.807, 2.05) is 19.3 Å². The first-order valence-corrected chi connectivity index (χ1v) is 5.63. The molecule has 0 saturated heterocycles. The monoisotopic (exact) mass is 207 g/mol. The Morgan fingerprint density at radius 3 is 2.33 bits per heavy atom. The second-order valence-electron chi connectivity index (χ2n) is 4.55. The summed E-state index contributed by atoms with van der Waals surface area (Å²) in [4.78, 5) is 8.48. The summed E-state index contributed by atoms with van der Waals surface area (Å²) in [6.45, 7) is 6.44. The van der Waals surface area contributed by atoms with E-state index in [9.17, 15) is 0 Å². The minimum Gasteiger partial charge on any atom is -0.321 e. The SMILES string of the molecule is Cc1cnc(C(N)CCCC(C)C)nc1. The number of hydrogen-bond acceptors (Lipinski definition) is 3. The number of aryl methyl sites for hydroxylation is 1. The molecule has 1 rings (SSSR count). The summed E-state index contributed by atoms with van der Waals surface area (Å²) in [7, 11) is 0. The van der Waals surface area contributed by atoms with Gasteiger partial charge in [0.15, 0.2) is 0 Å². The van der Waals surface area contributed by atoms with Crippen LogP contribution < -0.4 is 5.73 Å². The Balaban J connectivity index is 2.40. The molecule has 1 atom stereocenters. The summed E-state index contributed by atoms with van der Waals surface area (Å²) in [6, 6.07) is -0.00986. The number of nitrogens with two attached hydrogens (primary N) is 1. The molecule has 0 amide bonds. The molecule has 2 N–H and O–H groups in total. The molecular weight excluding hydrogens is 186 g/mol. The van der Waals surface area contributed by atoms with E-state index in [-0.39, 0.29) is 6.04 Å². The highest BCUT2D eigenvalue weighted by Gasteiger charge is 2.08. The molecule has 1 heterocycles. The van der Waals surface area contributed by atoms with Gasteiger partial charge < -0.3 is 5.73 Å². The molecule has 0 aromatic carbocycles. The van der Waals surface area contributed by atoms with E-state index in [1.54, 1.807) is 0 Å². The maximum atomic E-state index is 6.01. The third-order valence-corrected chi connectivity index (χ3v) is 2.43. The quantitative estimate of drug-likeness (QED) is 0.807. The summed E-state index contributed by atoms with van der Waals surface area (Å²) in [5.74, 6) is 1.51. The van der Waals surface area contributed by atoms with Crippen LogP contribution in [-0.2, 0) is 0 Å². The molecule has 3 nitrogen and oxygen atoms in total. The number of aromatic nitrogens is 2. The minimum absolute atomic E-state index is 0.00986. The standard InChI is InChI=1S/C12H21N3/c1-9(2)5-4-6-11(13)12-14-7-10(3)8-15-12/h7-9,11H,4-6,13H2,1-3H3. The molecule has 1 aromatic rings. The first-order chi connectivity index (χ1) is 7.09. The topological polar surface area (TPSA) is 51.8 Å². The fraction of sp³-hybridized carbons (Fsp3) is 0.667. The molecule has 0 spiro atoms. The molecule has 15 heavy (non-hydrogen) atoms. The molecule has 0 bridgehead atoms. The maximum absolute atomic E-state index is 6.01. The predicted molar refractivity (Wildman–Crippen MR) is 62.4 cm³/mol. The zero-order chi connectivity index (χ0) is 11.3. The Morgan fingerprint density at radius 1 is 1.20 bits per heavy atom. The summed E-state index contributed by atoms with van der Waals surface area (Å²) >= 11 is 0. The van der Waals surface area contributed by atoms with Crippen molar-refractivity contribution in [2.75, 3.05) is 0 Å². The van der Waals surface area contributed by atoms with Crippen LogP contribution in [0.2, 0.25) is 0 Å². The highest BCUT2D eigenvalue weighted by atomic mass is 14.9. The highest BCUT2D eigenvalue weighted by molar-refractivity contribution is 5.04. The van der Waals surface area contributed by atoms with Crippen LogP contribution in [0.5, 0.6) is 0 Å². The van der Waals surface area contributed by atoms with Gasteiger partial charge in [-0.3, -0.25) is 0 Å². The van der Waals surface area contributed by atoms with Gasteiger partial charge in [0.2, 0.25) is 0 Å². The molecular formula is C12H21N3. The zero-order valence-corrected chi connectivity index (χ0v) is 9.90. The second kappa shape index (κ2) is 5.81. The Morgan fingerprint density at radius 2 is 1.80 bits per heavy atom. The van der Waals surface area contributed by atoms with E-state index in [0.717, 1.165) is 30.1 Å². The van der Waals surface area contributed by atoms with E-state index in [2.05, 4.69) is 23.8 Å².